The molecule has 0 aliphatic carbocycles. The standard InChI is InChI=1S/C3H4O2.2C2H6O/c1-2-3(4)5;1-3-2;1-2-3/h2H,1H2,(H,4,5);1-2H3;3H,2H2,1H3. The lowest BCUT2D eigenvalue weighted by Gasteiger charge is -1.64. The summed E-state index contributed by atoms with van der Waals surface area (Å²) < 4.78 is 4.25. The number of hydrogen-bond acceptors (Lipinski definition) is 3. The molecule has 0 aliphatic rings. The van der Waals surface area contributed by atoms with Gasteiger partial charge in [0.1, 0.15) is 0 Å². The van der Waals surface area contributed by atoms with Crippen LogP contribution >= 0.6 is 0 Å². The van der Waals surface area contributed by atoms with E-state index in [2.05, 4.69) is 11.3 Å². The largest absolute Gasteiger partial charge is 0.478 e. The number of aliphatic carboxylic acids is 1. The smallest absolute Gasteiger partial charge is 0.327 e. The molecule has 68 valence electrons. The number of ether oxygens (including phenoxy) is 1. The summed E-state index contributed by atoms with van der Waals surface area (Å²) in [5.41, 5.74) is 0. The van der Waals surface area contributed by atoms with Gasteiger partial charge in [0.05, 0.1) is 0 Å². The lowest BCUT2D eigenvalue weighted by Crippen LogP contribution is -1.82. The van der Waals surface area contributed by atoms with Gasteiger partial charge in [-0.15, -0.1) is 0 Å². The summed E-state index contributed by atoms with van der Waals surface area (Å²) in [6, 6.07) is 0. The monoisotopic (exact) mass is 164 g/mol. The Hall–Kier alpha value is -0.870. The van der Waals surface area contributed by atoms with Gasteiger partial charge in [-0.1, -0.05) is 6.58 Å². The summed E-state index contributed by atoms with van der Waals surface area (Å²) in [6.45, 7) is 4.89. The van der Waals surface area contributed by atoms with Crippen LogP contribution in [0.15, 0.2) is 12.7 Å². The van der Waals surface area contributed by atoms with E-state index in [1.54, 1.807) is 21.1 Å². The lowest BCUT2D eigenvalue weighted by atomic mass is 10.7. The zero-order valence-electron chi connectivity index (χ0n) is 7.20. The molecule has 4 heteroatoms. The van der Waals surface area contributed by atoms with Gasteiger partial charge in [-0.2, -0.15) is 0 Å². The van der Waals surface area contributed by atoms with E-state index in [1.165, 1.54) is 0 Å². The Morgan fingerprint density at radius 3 is 1.73 bits per heavy atom. The van der Waals surface area contributed by atoms with Crippen molar-refractivity contribution in [3.8, 4) is 0 Å². The first-order chi connectivity index (χ1) is 5.10. The molecule has 0 spiro atoms. The molecule has 11 heavy (non-hydrogen) atoms. The second-order valence-electron chi connectivity index (χ2n) is 1.27. The number of carboxylic acid groups (broad SMARTS) is 1. The van der Waals surface area contributed by atoms with E-state index in [4.69, 9.17) is 10.2 Å². The molecule has 0 aromatic rings. The molecule has 0 saturated carbocycles. The van der Waals surface area contributed by atoms with Crippen LogP contribution < -0.4 is 0 Å². The van der Waals surface area contributed by atoms with E-state index in [-0.39, 0.29) is 6.61 Å². The normalized spacial score (nSPS) is 6.18. The van der Waals surface area contributed by atoms with Gasteiger partial charge in [-0.25, -0.2) is 4.79 Å². The lowest BCUT2D eigenvalue weighted by molar-refractivity contribution is -0.131. The number of aliphatic hydroxyl groups excluding tert-OH is 1. The molecule has 0 radical (unpaired) electrons. The Morgan fingerprint density at radius 1 is 1.64 bits per heavy atom. The SMILES string of the molecule is C=CC(=O)O.CCO.COC. The molecule has 0 aromatic carbocycles. The molecule has 0 atom stereocenters. The number of carbonyl (C=O) groups is 1. The summed E-state index contributed by atoms with van der Waals surface area (Å²) >= 11 is 0. The Labute approximate surface area is 67.1 Å². The average molecular weight is 164 g/mol. The van der Waals surface area contributed by atoms with Crippen LogP contribution in [0.25, 0.3) is 0 Å². The van der Waals surface area contributed by atoms with Crippen LogP contribution in [0.3, 0.4) is 0 Å². The maximum absolute atomic E-state index is 9.25. The molecule has 0 aromatic heterocycles. The van der Waals surface area contributed by atoms with Crippen LogP contribution in [0.1, 0.15) is 6.92 Å². The van der Waals surface area contributed by atoms with Crippen molar-refractivity contribution in [3.05, 3.63) is 12.7 Å². The van der Waals surface area contributed by atoms with Crippen molar-refractivity contribution >= 4 is 5.97 Å². The van der Waals surface area contributed by atoms with Crippen LogP contribution in [-0.4, -0.2) is 37.0 Å². The van der Waals surface area contributed by atoms with E-state index in [0.717, 1.165) is 6.08 Å². The average Bonchev–Trinajstić information content (AvgIpc) is 1.91. The molecule has 0 rings (SSSR count). The minimum atomic E-state index is -0.981. The van der Waals surface area contributed by atoms with E-state index >= 15 is 0 Å². The molecule has 4 nitrogen and oxygen atoms in total. The highest BCUT2D eigenvalue weighted by Gasteiger charge is 1.73. The fraction of sp³-hybridized carbons (Fsp3) is 0.571. The third kappa shape index (κ3) is 363. The van der Waals surface area contributed by atoms with Crippen molar-refractivity contribution in [1.82, 2.24) is 0 Å². The maximum Gasteiger partial charge on any atom is 0.327 e. The van der Waals surface area contributed by atoms with Gasteiger partial charge in [0, 0.05) is 26.9 Å². The van der Waals surface area contributed by atoms with E-state index in [1.807, 2.05) is 0 Å². The maximum atomic E-state index is 9.25. The highest BCUT2D eigenvalue weighted by molar-refractivity contribution is 5.78. The summed E-state index contributed by atoms with van der Waals surface area (Å²) in [5.74, 6) is -0.981. The van der Waals surface area contributed by atoms with Gasteiger partial charge < -0.3 is 14.9 Å². The molecule has 0 fully saturated rings. The van der Waals surface area contributed by atoms with Crippen LogP contribution in [-0.2, 0) is 9.53 Å². The first kappa shape index (κ1) is 16.6. The van der Waals surface area contributed by atoms with Gasteiger partial charge in [-0.3, -0.25) is 0 Å². The minimum absolute atomic E-state index is 0.250. The summed E-state index contributed by atoms with van der Waals surface area (Å²) in [7, 11) is 3.25. The van der Waals surface area contributed by atoms with Crippen molar-refractivity contribution in [1.29, 1.82) is 0 Å². The first-order valence-corrected chi connectivity index (χ1v) is 2.96. The van der Waals surface area contributed by atoms with Gasteiger partial charge in [0.25, 0.3) is 0 Å². The quantitative estimate of drug-likeness (QED) is 0.554. The second kappa shape index (κ2) is 22.9. The second-order valence-corrected chi connectivity index (χ2v) is 1.27. The summed E-state index contributed by atoms with van der Waals surface area (Å²) in [6.07, 6.45) is 0.833. The molecule has 2 N–H and O–H groups in total. The number of methoxy groups -OCH3 is 1. The molecule has 0 amide bonds. The van der Waals surface area contributed by atoms with E-state index < -0.39 is 5.97 Å². The Bertz CT molecular complexity index is 78.5. The number of rotatable bonds is 1. The zero-order chi connectivity index (χ0) is 9.70. The van der Waals surface area contributed by atoms with Crippen LogP contribution in [0, 0.1) is 0 Å². The molecular weight excluding hydrogens is 148 g/mol. The molecule has 0 aliphatic heterocycles. The van der Waals surface area contributed by atoms with Crippen molar-refractivity contribution in [2.24, 2.45) is 0 Å². The fourth-order valence-corrected chi connectivity index (χ4v) is 0. The predicted molar refractivity (Wildman–Crippen MR) is 43.5 cm³/mol. The molecule has 0 bridgehead atoms. The summed E-state index contributed by atoms with van der Waals surface area (Å²) in [4.78, 5) is 9.25. The Morgan fingerprint density at radius 2 is 1.73 bits per heavy atom. The Kier molecular flexibility index (Phi) is 34.6. The number of aliphatic hydroxyl groups is 1. The van der Waals surface area contributed by atoms with Gasteiger partial charge in [0.15, 0.2) is 0 Å². The first-order valence-electron chi connectivity index (χ1n) is 2.96. The highest BCUT2D eigenvalue weighted by atomic mass is 16.4. The topological polar surface area (TPSA) is 66.8 Å². The van der Waals surface area contributed by atoms with Gasteiger partial charge in [0.2, 0.25) is 0 Å². The van der Waals surface area contributed by atoms with Gasteiger partial charge in [-0.05, 0) is 6.92 Å². The third-order valence-corrected chi connectivity index (χ3v) is 0.175. The van der Waals surface area contributed by atoms with Crippen LogP contribution in [0.2, 0.25) is 0 Å². The van der Waals surface area contributed by atoms with Crippen molar-refractivity contribution in [2.75, 3.05) is 20.8 Å². The van der Waals surface area contributed by atoms with Crippen LogP contribution in [0.4, 0.5) is 0 Å². The number of carboxylic acids is 1. The van der Waals surface area contributed by atoms with Crippen LogP contribution in [0.5, 0.6) is 0 Å². The number of hydrogen-bond donors (Lipinski definition) is 2. The van der Waals surface area contributed by atoms with E-state index in [0.29, 0.717) is 0 Å². The highest BCUT2D eigenvalue weighted by Crippen LogP contribution is 1.54. The molecular formula is C7H16O4. The van der Waals surface area contributed by atoms with E-state index in [9.17, 15) is 4.79 Å². The van der Waals surface area contributed by atoms with Crippen molar-refractivity contribution in [3.63, 3.8) is 0 Å². The third-order valence-electron chi connectivity index (χ3n) is 0.175. The van der Waals surface area contributed by atoms with Gasteiger partial charge >= 0.3 is 5.97 Å². The molecule has 0 unspecified atom stereocenters. The van der Waals surface area contributed by atoms with Crippen molar-refractivity contribution < 1.29 is 19.7 Å². The molecule has 0 heterocycles. The molecule has 0 saturated heterocycles. The Balaban J connectivity index is -0.0000000933. The minimum Gasteiger partial charge on any atom is -0.478 e. The van der Waals surface area contributed by atoms with Crippen molar-refractivity contribution in [2.45, 2.75) is 6.92 Å². The fourth-order valence-electron chi connectivity index (χ4n) is 0. The predicted octanol–water partition coefficient (Wildman–Crippen LogP) is 0.518. The summed E-state index contributed by atoms with van der Waals surface area (Å²) in [5, 5.41) is 15.2. The zero-order valence-corrected chi connectivity index (χ0v) is 7.20.